The minimum absolute atomic E-state index is 0.932. The third-order valence-electron chi connectivity index (χ3n) is 2.14. The molecule has 2 heteroatoms. The molecule has 0 saturated carbocycles. The van der Waals surface area contributed by atoms with Crippen LogP contribution in [-0.4, -0.2) is 26.2 Å². The lowest BCUT2D eigenvalue weighted by molar-refractivity contribution is 0.359. The predicted molar refractivity (Wildman–Crippen MR) is 44.1 cm³/mol. The zero-order valence-corrected chi connectivity index (χ0v) is 6.82. The number of hydrogen-bond acceptors (Lipinski definition) is 2. The molecule has 0 bridgehead atoms. The van der Waals surface area contributed by atoms with Gasteiger partial charge in [-0.1, -0.05) is 6.92 Å². The maximum atomic E-state index is 3.39. The molecule has 0 aromatic carbocycles. The molecular weight excluding hydrogens is 124 g/mol. The summed E-state index contributed by atoms with van der Waals surface area (Å²) in [5, 5.41) is 6.75. The first-order valence-electron chi connectivity index (χ1n) is 4.35. The zero-order valence-electron chi connectivity index (χ0n) is 6.82. The van der Waals surface area contributed by atoms with Gasteiger partial charge in [0.15, 0.2) is 0 Å². The monoisotopic (exact) mass is 142 g/mol. The second-order valence-electron chi connectivity index (χ2n) is 3.00. The molecular formula is C8H18N2. The van der Waals surface area contributed by atoms with Crippen LogP contribution in [0.5, 0.6) is 0 Å². The second kappa shape index (κ2) is 4.69. The summed E-state index contributed by atoms with van der Waals surface area (Å²) in [5.74, 6) is 0.932. The fraction of sp³-hybridized carbons (Fsp3) is 1.00. The Kier molecular flexibility index (Phi) is 3.76. The van der Waals surface area contributed by atoms with Crippen molar-refractivity contribution in [3.8, 4) is 0 Å². The largest absolute Gasteiger partial charge is 0.317 e. The average Bonchev–Trinajstić information content (AvgIpc) is 2.03. The Morgan fingerprint density at radius 1 is 1.40 bits per heavy atom. The molecule has 0 aromatic heterocycles. The molecule has 0 amide bonds. The second-order valence-corrected chi connectivity index (χ2v) is 3.00. The first-order chi connectivity index (χ1) is 4.93. The van der Waals surface area contributed by atoms with Gasteiger partial charge in [-0.2, -0.15) is 0 Å². The summed E-state index contributed by atoms with van der Waals surface area (Å²) >= 11 is 0. The third-order valence-corrected chi connectivity index (χ3v) is 2.14. The molecule has 0 aliphatic carbocycles. The van der Waals surface area contributed by atoms with Crippen LogP contribution in [0.25, 0.3) is 0 Å². The van der Waals surface area contributed by atoms with E-state index < -0.39 is 0 Å². The number of piperidine rings is 1. The average molecular weight is 142 g/mol. The Morgan fingerprint density at radius 3 is 2.70 bits per heavy atom. The van der Waals surface area contributed by atoms with Crippen LogP contribution in [0, 0.1) is 5.92 Å². The molecule has 1 saturated heterocycles. The van der Waals surface area contributed by atoms with Gasteiger partial charge in [0.05, 0.1) is 0 Å². The van der Waals surface area contributed by atoms with Crippen molar-refractivity contribution in [3.63, 3.8) is 0 Å². The zero-order chi connectivity index (χ0) is 7.23. The Balaban J connectivity index is 2.02. The van der Waals surface area contributed by atoms with Crippen molar-refractivity contribution in [1.82, 2.24) is 10.6 Å². The van der Waals surface area contributed by atoms with Gasteiger partial charge in [-0.3, -0.25) is 0 Å². The summed E-state index contributed by atoms with van der Waals surface area (Å²) in [7, 11) is 0. The predicted octanol–water partition coefficient (Wildman–Crippen LogP) is 0.595. The fourth-order valence-corrected chi connectivity index (χ4v) is 1.43. The summed E-state index contributed by atoms with van der Waals surface area (Å²) in [6, 6.07) is 0. The minimum Gasteiger partial charge on any atom is -0.317 e. The van der Waals surface area contributed by atoms with Crippen LogP contribution in [0.3, 0.4) is 0 Å². The van der Waals surface area contributed by atoms with Crippen molar-refractivity contribution >= 4 is 0 Å². The molecule has 2 nitrogen and oxygen atoms in total. The van der Waals surface area contributed by atoms with Gasteiger partial charge in [0.2, 0.25) is 0 Å². The van der Waals surface area contributed by atoms with Crippen molar-refractivity contribution in [2.24, 2.45) is 5.92 Å². The van der Waals surface area contributed by atoms with E-state index in [0.29, 0.717) is 0 Å². The molecule has 0 aromatic rings. The van der Waals surface area contributed by atoms with Crippen molar-refractivity contribution in [2.45, 2.75) is 19.8 Å². The van der Waals surface area contributed by atoms with Crippen molar-refractivity contribution in [3.05, 3.63) is 0 Å². The highest BCUT2D eigenvalue weighted by Crippen LogP contribution is 2.09. The van der Waals surface area contributed by atoms with Crippen molar-refractivity contribution < 1.29 is 0 Å². The molecule has 0 spiro atoms. The Bertz CT molecular complexity index is 77.3. The molecule has 0 unspecified atom stereocenters. The first kappa shape index (κ1) is 8.02. The van der Waals surface area contributed by atoms with E-state index in [1.54, 1.807) is 0 Å². The standard InChI is InChI=1S/C8H18N2/c1-2-9-7-8-3-5-10-6-4-8/h8-10H,2-7H2,1H3. The Morgan fingerprint density at radius 2 is 2.10 bits per heavy atom. The molecule has 0 radical (unpaired) electrons. The summed E-state index contributed by atoms with van der Waals surface area (Å²) in [6.45, 7) is 6.94. The Labute approximate surface area is 63.4 Å². The van der Waals surface area contributed by atoms with Crippen LogP contribution in [0.1, 0.15) is 19.8 Å². The van der Waals surface area contributed by atoms with Gasteiger partial charge in [-0.25, -0.2) is 0 Å². The molecule has 1 heterocycles. The molecule has 1 aliphatic heterocycles. The highest BCUT2D eigenvalue weighted by Gasteiger charge is 2.10. The van der Waals surface area contributed by atoms with Crippen molar-refractivity contribution in [2.75, 3.05) is 26.2 Å². The fourth-order valence-electron chi connectivity index (χ4n) is 1.43. The van der Waals surface area contributed by atoms with Crippen LogP contribution in [0.4, 0.5) is 0 Å². The maximum absolute atomic E-state index is 3.39. The highest BCUT2D eigenvalue weighted by molar-refractivity contribution is 4.69. The molecule has 0 atom stereocenters. The van der Waals surface area contributed by atoms with Crippen molar-refractivity contribution in [1.29, 1.82) is 0 Å². The quantitative estimate of drug-likeness (QED) is 0.603. The van der Waals surface area contributed by atoms with E-state index in [2.05, 4.69) is 17.6 Å². The van der Waals surface area contributed by atoms with Gasteiger partial charge in [-0.15, -0.1) is 0 Å². The van der Waals surface area contributed by atoms with Gasteiger partial charge in [0, 0.05) is 0 Å². The molecule has 2 N–H and O–H groups in total. The smallest absolute Gasteiger partial charge is 0.00197 e. The SMILES string of the molecule is CCNCC1CCNCC1. The first-order valence-corrected chi connectivity index (χ1v) is 4.35. The summed E-state index contributed by atoms with van der Waals surface area (Å²) in [4.78, 5) is 0. The van der Waals surface area contributed by atoms with Crippen LogP contribution >= 0.6 is 0 Å². The third kappa shape index (κ3) is 2.67. The molecule has 1 fully saturated rings. The van der Waals surface area contributed by atoms with Gasteiger partial charge >= 0.3 is 0 Å². The van der Waals surface area contributed by atoms with E-state index >= 15 is 0 Å². The Hall–Kier alpha value is -0.0800. The molecule has 1 rings (SSSR count). The summed E-state index contributed by atoms with van der Waals surface area (Å²) in [6.07, 6.45) is 2.71. The number of nitrogens with one attached hydrogen (secondary N) is 2. The van der Waals surface area contributed by atoms with Gasteiger partial charge in [-0.05, 0) is 44.9 Å². The summed E-state index contributed by atoms with van der Waals surface area (Å²) < 4.78 is 0. The van der Waals surface area contributed by atoms with Crippen LogP contribution in [-0.2, 0) is 0 Å². The van der Waals surface area contributed by atoms with Gasteiger partial charge in [0.25, 0.3) is 0 Å². The lowest BCUT2D eigenvalue weighted by atomic mass is 9.98. The van der Waals surface area contributed by atoms with Crippen LogP contribution in [0.2, 0.25) is 0 Å². The highest BCUT2D eigenvalue weighted by atomic mass is 14.9. The van der Waals surface area contributed by atoms with E-state index in [9.17, 15) is 0 Å². The number of hydrogen-bond donors (Lipinski definition) is 2. The van der Waals surface area contributed by atoms with E-state index in [-0.39, 0.29) is 0 Å². The maximum Gasteiger partial charge on any atom is -0.00197 e. The van der Waals surface area contributed by atoms with Gasteiger partial charge < -0.3 is 10.6 Å². The van der Waals surface area contributed by atoms with Crippen LogP contribution in [0.15, 0.2) is 0 Å². The van der Waals surface area contributed by atoms with Gasteiger partial charge in [0.1, 0.15) is 0 Å². The molecule has 60 valence electrons. The molecule has 10 heavy (non-hydrogen) atoms. The van der Waals surface area contributed by atoms with E-state index in [4.69, 9.17) is 0 Å². The summed E-state index contributed by atoms with van der Waals surface area (Å²) in [5.41, 5.74) is 0. The lowest BCUT2D eigenvalue weighted by Gasteiger charge is -2.22. The molecule has 1 aliphatic rings. The van der Waals surface area contributed by atoms with E-state index in [1.165, 1.54) is 32.5 Å². The minimum atomic E-state index is 0.932. The van der Waals surface area contributed by atoms with E-state index in [0.717, 1.165) is 12.5 Å². The lowest BCUT2D eigenvalue weighted by Crippen LogP contribution is -2.33. The van der Waals surface area contributed by atoms with E-state index in [1.807, 2.05) is 0 Å². The normalized spacial score (nSPS) is 21.3. The topological polar surface area (TPSA) is 24.1 Å². The van der Waals surface area contributed by atoms with Crippen LogP contribution < -0.4 is 10.6 Å². The number of rotatable bonds is 3.